The molecular weight excluding hydrogens is 368 g/mol. The van der Waals surface area contributed by atoms with Gasteiger partial charge in [-0.05, 0) is 22.6 Å². The van der Waals surface area contributed by atoms with Gasteiger partial charge in [-0.25, -0.2) is 0 Å². The zero-order valence-corrected chi connectivity index (χ0v) is 16.5. The first kappa shape index (κ1) is 18.9. The molecule has 1 aliphatic rings. The highest BCUT2D eigenvalue weighted by Crippen LogP contribution is 2.30. The van der Waals surface area contributed by atoms with Gasteiger partial charge < -0.3 is 9.64 Å². The predicted octanol–water partition coefficient (Wildman–Crippen LogP) is 4.03. The molecule has 2 atom stereocenters. The standard InChI is InChI=1S/C23H24N2O2S/c26-23(25-13-15-27-16-14-25)22(19-10-5-2-6-11-19)24-21(20-12-7-17-28-20)18-8-3-1-4-9-18/h1-12,17,21-22,24H,13-16H2/t21-,22+/m1/s1. The van der Waals surface area contributed by atoms with Gasteiger partial charge in [0, 0.05) is 18.0 Å². The summed E-state index contributed by atoms with van der Waals surface area (Å²) >= 11 is 1.70. The van der Waals surface area contributed by atoms with Gasteiger partial charge >= 0.3 is 0 Å². The molecule has 1 saturated heterocycles. The molecule has 0 unspecified atom stereocenters. The molecular formula is C23H24N2O2S. The molecule has 4 nitrogen and oxygen atoms in total. The van der Waals surface area contributed by atoms with E-state index in [1.807, 2.05) is 53.4 Å². The summed E-state index contributed by atoms with van der Waals surface area (Å²) in [5.74, 6) is 0.104. The summed E-state index contributed by atoms with van der Waals surface area (Å²) in [4.78, 5) is 16.5. The van der Waals surface area contributed by atoms with Gasteiger partial charge in [0.25, 0.3) is 0 Å². The summed E-state index contributed by atoms with van der Waals surface area (Å²) in [6, 6.07) is 24.0. The van der Waals surface area contributed by atoms with E-state index in [-0.39, 0.29) is 11.9 Å². The predicted molar refractivity (Wildman–Crippen MR) is 112 cm³/mol. The number of nitrogens with zero attached hydrogens (tertiary/aromatic N) is 1. The quantitative estimate of drug-likeness (QED) is 0.689. The second kappa shape index (κ2) is 9.15. The zero-order valence-electron chi connectivity index (χ0n) is 15.7. The lowest BCUT2D eigenvalue weighted by Gasteiger charge is -2.33. The molecule has 1 aromatic heterocycles. The van der Waals surface area contributed by atoms with Crippen LogP contribution < -0.4 is 5.32 Å². The van der Waals surface area contributed by atoms with Crippen LogP contribution >= 0.6 is 11.3 Å². The Labute approximate surface area is 169 Å². The van der Waals surface area contributed by atoms with Crippen molar-refractivity contribution in [2.45, 2.75) is 12.1 Å². The minimum absolute atomic E-state index is 0.0450. The zero-order chi connectivity index (χ0) is 19.2. The van der Waals surface area contributed by atoms with Gasteiger partial charge in [-0.1, -0.05) is 66.7 Å². The highest BCUT2D eigenvalue weighted by atomic mass is 32.1. The summed E-state index contributed by atoms with van der Waals surface area (Å²) < 4.78 is 5.43. The molecule has 1 N–H and O–H groups in total. The fourth-order valence-corrected chi connectivity index (χ4v) is 4.34. The third kappa shape index (κ3) is 4.33. The van der Waals surface area contributed by atoms with Crippen molar-refractivity contribution in [3.05, 3.63) is 94.2 Å². The Kier molecular flexibility index (Phi) is 6.17. The number of carbonyl (C=O) groups excluding carboxylic acids is 1. The van der Waals surface area contributed by atoms with Gasteiger partial charge in [0.2, 0.25) is 5.91 Å². The smallest absolute Gasteiger partial charge is 0.244 e. The molecule has 0 radical (unpaired) electrons. The molecule has 3 aromatic rings. The molecule has 2 aromatic carbocycles. The maximum Gasteiger partial charge on any atom is 0.244 e. The molecule has 5 heteroatoms. The average Bonchev–Trinajstić information content (AvgIpc) is 3.30. The molecule has 28 heavy (non-hydrogen) atoms. The van der Waals surface area contributed by atoms with E-state index in [2.05, 4.69) is 35.0 Å². The van der Waals surface area contributed by atoms with Crippen molar-refractivity contribution in [2.24, 2.45) is 0 Å². The van der Waals surface area contributed by atoms with Gasteiger partial charge in [0.05, 0.1) is 19.3 Å². The molecule has 0 aliphatic carbocycles. The number of amides is 1. The number of hydrogen-bond donors (Lipinski definition) is 1. The van der Waals surface area contributed by atoms with Crippen LogP contribution in [0.5, 0.6) is 0 Å². The van der Waals surface area contributed by atoms with Crippen molar-refractivity contribution in [3.8, 4) is 0 Å². The Hall–Kier alpha value is -2.47. The number of benzene rings is 2. The maximum absolute atomic E-state index is 13.4. The molecule has 1 amide bonds. The first-order chi connectivity index (χ1) is 13.8. The Morgan fingerprint density at radius 1 is 0.893 bits per heavy atom. The molecule has 0 spiro atoms. The van der Waals surface area contributed by atoms with E-state index in [4.69, 9.17) is 4.74 Å². The van der Waals surface area contributed by atoms with Crippen LogP contribution in [0.15, 0.2) is 78.2 Å². The summed E-state index contributed by atoms with van der Waals surface area (Å²) in [5.41, 5.74) is 2.14. The van der Waals surface area contributed by atoms with Crippen molar-refractivity contribution in [1.29, 1.82) is 0 Å². The van der Waals surface area contributed by atoms with E-state index in [9.17, 15) is 4.79 Å². The lowest BCUT2D eigenvalue weighted by atomic mass is 10.00. The third-order valence-electron chi connectivity index (χ3n) is 5.00. The van der Waals surface area contributed by atoms with Crippen LogP contribution in [0.2, 0.25) is 0 Å². The van der Waals surface area contributed by atoms with Crippen LogP contribution in [-0.4, -0.2) is 37.1 Å². The van der Waals surface area contributed by atoms with Crippen LogP contribution in [0.3, 0.4) is 0 Å². The van der Waals surface area contributed by atoms with E-state index in [0.29, 0.717) is 26.3 Å². The molecule has 0 bridgehead atoms. The molecule has 2 heterocycles. The summed E-state index contributed by atoms with van der Waals surface area (Å²) in [6.45, 7) is 2.47. The number of morpholine rings is 1. The molecule has 1 aliphatic heterocycles. The monoisotopic (exact) mass is 392 g/mol. The van der Waals surface area contributed by atoms with Crippen molar-refractivity contribution >= 4 is 17.2 Å². The second-order valence-electron chi connectivity index (χ2n) is 6.81. The Balaban J connectivity index is 1.67. The fourth-order valence-electron chi connectivity index (χ4n) is 3.53. The van der Waals surface area contributed by atoms with Crippen LogP contribution in [-0.2, 0) is 9.53 Å². The van der Waals surface area contributed by atoms with Crippen LogP contribution in [0.4, 0.5) is 0 Å². The van der Waals surface area contributed by atoms with Crippen LogP contribution in [0, 0.1) is 0 Å². The number of carbonyl (C=O) groups is 1. The van der Waals surface area contributed by atoms with Gasteiger partial charge in [-0.2, -0.15) is 0 Å². The molecule has 144 valence electrons. The van der Waals surface area contributed by atoms with E-state index in [1.54, 1.807) is 11.3 Å². The summed E-state index contributed by atoms with van der Waals surface area (Å²) in [6.07, 6.45) is 0. The van der Waals surface area contributed by atoms with Gasteiger partial charge in [-0.15, -0.1) is 11.3 Å². The van der Waals surface area contributed by atoms with E-state index in [1.165, 1.54) is 4.88 Å². The van der Waals surface area contributed by atoms with Gasteiger partial charge in [0.1, 0.15) is 6.04 Å². The lowest BCUT2D eigenvalue weighted by molar-refractivity contribution is -0.137. The minimum atomic E-state index is -0.411. The Morgan fingerprint density at radius 3 is 2.14 bits per heavy atom. The Morgan fingerprint density at radius 2 is 1.54 bits per heavy atom. The van der Waals surface area contributed by atoms with Crippen molar-refractivity contribution < 1.29 is 9.53 Å². The SMILES string of the molecule is O=C([C@@H](N[C@H](c1ccccc1)c1cccs1)c1ccccc1)N1CCOCC1. The normalized spacial score (nSPS) is 16.5. The number of hydrogen-bond acceptors (Lipinski definition) is 4. The number of thiophene rings is 1. The first-order valence-electron chi connectivity index (χ1n) is 9.59. The van der Waals surface area contributed by atoms with E-state index >= 15 is 0 Å². The Bertz CT molecular complexity index is 862. The highest BCUT2D eigenvalue weighted by Gasteiger charge is 2.30. The average molecular weight is 393 g/mol. The largest absolute Gasteiger partial charge is 0.378 e. The van der Waals surface area contributed by atoms with E-state index in [0.717, 1.165) is 11.1 Å². The van der Waals surface area contributed by atoms with Crippen molar-refractivity contribution in [3.63, 3.8) is 0 Å². The highest BCUT2D eigenvalue weighted by molar-refractivity contribution is 7.10. The van der Waals surface area contributed by atoms with Gasteiger partial charge in [-0.3, -0.25) is 10.1 Å². The summed E-state index contributed by atoms with van der Waals surface area (Å²) in [7, 11) is 0. The van der Waals surface area contributed by atoms with Crippen LogP contribution in [0.25, 0.3) is 0 Å². The summed E-state index contributed by atoms with van der Waals surface area (Å²) in [5, 5.41) is 5.74. The second-order valence-corrected chi connectivity index (χ2v) is 7.79. The molecule has 0 saturated carbocycles. The fraction of sp³-hybridized carbons (Fsp3) is 0.261. The number of nitrogens with one attached hydrogen (secondary N) is 1. The lowest BCUT2D eigenvalue weighted by Crippen LogP contribution is -2.47. The third-order valence-corrected chi connectivity index (χ3v) is 5.93. The van der Waals surface area contributed by atoms with Crippen LogP contribution in [0.1, 0.15) is 28.1 Å². The van der Waals surface area contributed by atoms with E-state index < -0.39 is 6.04 Å². The number of rotatable bonds is 6. The minimum Gasteiger partial charge on any atom is -0.378 e. The first-order valence-corrected chi connectivity index (χ1v) is 10.5. The molecule has 4 rings (SSSR count). The number of ether oxygens (including phenoxy) is 1. The maximum atomic E-state index is 13.4. The van der Waals surface area contributed by atoms with Gasteiger partial charge in [0.15, 0.2) is 0 Å². The topological polar surface area (TPSA) is 41.6 Å². The van der Waals surface area contributed by atoms with Crippen molar-refractivity contribution in [2.75, 3.05) is 26.3 Å². The van der Waals surface area contributed by atoms with Crippen molar-refractivity contribution in [1.82, 2.24) is 10.2 Å². The molecule has 1 fully saturated rings.